The fourth-order valence-corrected chi connectivity index (χ4v) is 2.04. The molecule has 7 nitrogen and oxygen atoms in total. The molecular weight excluding hydrogens is 262 g/mol. The summed E-state index contributed by atoms with van der Waals surface area (Å²) in [6.45, 7) is 0.412. The molecule has 106 valence electrons. The first-order chi connectivity index (χ1) is 9.45. The standard InChI is InChI=1S/C13H15N3O4/c1-16-7-8(4-11(16)17)13(20)15-10-3-2-9(14-6-10)5-12(18)19/h2-3,6,8H,4-5,7H2,1H3,(H,15,20)(H,18,19). The van der Waals surface area contributed by atoms with Crippen LogP contribution in [0.25, 0.3) is 0 Å². The van der Waals surface area contributed by atoms with Gasteiger partial charge in [-0.1, -0.05) is 0 Å². The minimum Gasteiger partial charge on any atom is -0.481 e. The second-order valence-corrected chi connectivity index (χ2v) is 4.77. The molecule has 2 rings (SSSR count). The van der Waals surface area contributed by atoms with Crippen LogP contribution < -0.4 is 5.32 Å². The number of carbonyl (C=O) groups excluding carboxylic acids is 2. The molecule has 7 heteroatoms. The van der Waals surface area contributed by atoms with E-state index in [1.165, 1.54) is 11.1 Å². The first-order valence-corrected chi connectivity index (χ1v) is 6.17. The SMILES string of the molecule is CN1CC(C(=O)Nc2ccc(CC(=O)O)nc2)CC1=O. The Morgan fingerprint density at radius 2 is 2.25 bits per heavy atom. The molecule has 2 heterocycles. The van der Waals surface area contributed by atoms with Crippen LogP contribution >= 0.6 is 0 Å². The van der Waals surface area contributed by atoms with Gasteiger partial charge in [0.25, 0.3) is 0 Å². The summed E-state index contributed by atoms with van der Waals surface area (Å²) >= 11 is 0. The monoisotopic (exact) mass is 277 g/mol. The fraction of sp³-hybridized carbons (Fsp3) is 0.385. The van der Waals surface area contributed by atoms with E-state index in [-0.39, 0.29) is 30.6 Å². The van der Waals surface area contributed by atoms with Gasteiger partial charge in [-0.3, -0.25) is 19.4 Å². The first kappa shape index (κ1) is 14.0. The Morgan fingerprint density at radius 1 is 1.50 bits per heavy atom. The molecule has 2 amide bonds. The van der Waals surface area contributed by atoms with Gasteiger partial charge in [-0.15, -0.1) is 0 Å². The molecule has 0 aliphatic carbocycles. The molecule has 1 saturated heterocycles. The summed E-state index contributed by atoms with van der Waals surface area (Å²) in [7, 11) is 1.66. The molecule has 1 unspecified atom stereocenters. The Hall–Kier alpha value is -2.44. The molecule has 1 aliphatic heterocycles. The van der Waals surface area contributed by atoms with Crippen molar-refractivity contribution in [2.75, 3.05) is 18.9 Å². The van der Waals surface area contributed by atoms with Crippen LogP contribution in [0.4, 0.5) is 5.69 Å². The highest BCUT2D eigenvalue weighted by molar-refractivity contribution is 5.97. The summed E-state index contributed by atoms with van der Waals surface area (Å²) in [6.07, 6.45) is 1.47. The zero-order valence-electron chi connectivity index (χ0n) is 11.0. The normalized spacial score (nSPS) is 18.1. The largest absolute Gasteiger partial charge is 0.481 e. The van der Waals surface area contributed by atoms with Gasteiger partial charge >= 0.3 is 5.97 Å². The summed E-state index contributed by atoms with van der Waals surface area (Å²) in [5, 5.41) is 11.3. The molecule has 0 radical (unpaired) electrons. The fourth-order valence-electron chi connectivity index (χ4n) is 2.04. The Morgan fingerprint density at radius 3 is 2.75 bits per heavy atom. The number of likely N-dealkylation sites (tertiary alicyclic amines) is 1. The lowest BCUT2D eigenvalue weighted by Gasteiger charge is -2.11. The van der Waals surface area contributed by atoms with E-state index in [9.17, 15) is 14.4 Å². The molecule has 0 aromatic carbocycles. The smallest absolute Gasteiger partial charge is 0.309 e. The third-order valence-corrected chi connectivity index (χ3v) is 3.14. The van der Waals surface area contributed by atoms with E-state index in [1.807, 2.05) is 0 Å². The number of aliphatic carboxylic acids is 1. The van der Waals surface area contributed by atoms with Gasteiger partial charge in [0.1, 0.15) is 0 Å². The number of carbonyl (C=O) groups is 3. The molecule has 0 bridgehead atoms. The average Bonchev–Trinajstić information content (AvgIpc) is 2.71. The predicted molar refractivity (Wildman–Crippen MR) is 70.0 cm³/mol. The average molecular weight is 277 g/mol. The molecule has 0 saturated carbocycles. The Kier molecular flexibility index (Phi) is 3.97. The number of nitrogens with one attached hydrogen (secondary N) is 1. The van der Waals surface area contributed by atoms with Crippen molar-refractivity contribution >= 4 is 23.5 Å². The van der Waals surface area contributed by atoms with Crippen LogP contribution in [0.5, 0.6) is 0 Å². The number of amides is 2. The van der Waals surface area contributed by atoms with Crippen molar-refractivity contribution in [2.24, 2.45) is 5.92 Å². The number of carboxylic acids is 1. The number of hydrogen-bond donors (Lipinski definition) is 2. The van der Waals surface area contributed by atoms with E-state index < -0.39 is 5.97 Å². The summed E-state index contributed by atoms with van der Waals surface area (Å²) in [4.78, 5) is 39.3. The van der Waals surface area contributed by atoms with Gasteiger partial charge < -0.3 is 15.3 Å². The van der Waals surface area contributed by atoms with Gasteiger partial charge in [-0.25, -0.2) is 0 Å². The molecule has 20 heavy (non-hydrogen) atoms. The van der Waals surface area contributed by atoms with Crippen molar-refractivity contribution < 1.29 is 19.5 Å². The van der Waals surface area contributed by atoms with Crippen LogP contribution in [0.3, 0.4) is 0 Å². The van der Waals surface area contributed by atoms with E-state index in [2.05, 4.69) is 10.3 Å². The number of rotatable bonds is 4. The lowest BCUT2D eigenvalue weighted by molar-refractivity contribution is -0.136. The van der Waals surface area contributed by atoms with Crippen LogP contribution in [0.15, 0.2) is 18.3 Å². The molecule has 2 N–H and O–H groups in total. The Bertz CT molecular complexity index is 541. The molecule has 1 atom stereocenters. The Labute approximate surface area is 115 Å². The maximum Gasteiger partial charge on any atom is 0.309 e. The maximum absolute atomic E-state index is 12.0. The quantitative estimate of drug-likeness (QED) is 0.814. The van der Waals surface area contributed by atoms with Crippen molar-refractivity contribution in [1.29, 1.82) is 0 Å². The minimum absolute atomic E-state index is 0.0416. The van der Waals surface area contributed by atoms with Gasteiger partial charge in [0.2, 0.25) is 11.8 Å². The van der Waals surface area contributed by atoms with Crippen molar-refractivity contribution in [3.8, 4) is 0 Å². The number of aromatic nitrogens is 1. The number of carboxylic acid groups (broad SMARTS) is 1. The van der Waals surface area contributed by atoms with Crippen molar-refractivity contribution in [1.82, 2.24) is 9.88 Å². The number of nitrogens with zero attached hydrogens (tertiary/aromatic N) is 2. The van der Waals surface area contributed by atoms with Crippen LogP contribution in [0.1, 0.15) is 12.1 Å². The number of pyridine rings is 1. The highest BCUT2D eigenvalue weighted by Crippen LogP contribution is 2.18. The van der Waals surface area contributed by atoms with E-state index in [0.29, 0.717) is 17.9 Å². The van der Waals surface area contributed by atoms with Crippen LogP contribution in [-0.4, -0.2) is 46.4 Å². The minimum atomic E-state index is -0.957. The van der Waals surface area contributed by atoms with E-state index in [0.717, 1.165) is 0 Å². The Balaban J connectivity index is 1.95. The summed E-state index contributed by atoms with van der Waals surface area (Å²) in [5.41, 5.74) is 0.914. The van der Waals surface area contributed by atoms with Crippen molar-refractivity contribution in [2.45, 2.75) is 12.8 Å². The second kappa shape index (κ2) is 5.68. The third-order valence-electron chi connectivity index (χ3n) is 3.14. The highest BCUT2D eigenvalue weighted by Gasteiger charge is 2.32. The molecular formula is C13H15N3O4. The number of anilines is 1. The zero-order valence-corrected chi connectivity index (χ0v) is 11.0. The summed E-state index contributed by atoms with van der Waals surface area (Å²) in [6, 6.07) is 3.15. The lowest BCUT2D eigenvalue weighted by atomic mass is 10.1. The predicted octanol–water partition coefficient (Wildman–Crippen LogP) is 0.125. The van der Waals surface area contributed by atoms with Crippen molar-refractivity contribution in [3.05, 3.63) is 24.0 Å². The molecule has 1 aliphatic rings. The van der Waals surface area contributed by atoms with Crippen LogP contribution in [0.2, 0.25) is 0 Å². The number of hydrogen-bond acceptors (Lipinski definition) is 4. The highest BCUT2D eigenvalue weighted by atomic mass is 16.4. The van der Waals surface area contributed by atoms with E-state index in [1.54, 1.807) is 19.2 Å². The van der Waals surface area contributed by atoms with Gasteiger partial charge in [-0.2, -0.15) is 0 Å². The van der Waals surface area contributed by atoms with Gasteiger partial charge in [-0.05, 0) is 12.1 Å². The summed E-state index contributed by atoms with van der Waals surface area (Å²) < 4.78 is 0. The van der Waals surface area contributed by atoms with Crippen LogP contribution in [-0.2, 0) is 20.8 Å². The zero-order chi connectivity index (χ0) is 14.7. The van der Waals surface area contributed by atoms with Gasteiger partial charge in [0, 0.05) is 20.0 Å². The van der Waals surface area contributed by atoms with E-state index >= 15 is 0 Å². The summed E-state index contributed by atoms with van der Waals surface area (Å²) in [5.74, 6) is -1.58. The second-order valence-electron chi connectivity index (χ2n) is 4.77. The van der Waals surface area contributed by atoms with Gasteiger partial charge in [0.05, 0.1) is 29.9 Å². The maximum atomic E-state index is 12.0. The van der Waals surface area contributed by atoms with Gasteiger partial charge in [0.15, 0.2) is 0 Å². The van der Waals surface area contributed by atoms with E-state index in [4.69, 9.17) is 5.11 Å². The molecule has 1 aromatic heterocycles. The first-order valence-electron chi connectivity index (χ1n) is 6.17. The van der Waals surface area contributed by atoms with Crippen molar-refractivity contribution in [3.63, 3.8) is 0 Å². The molecule has 0 spiro atoms. The van der Waals surface area contributed by atoms with Crippen LogP contribution in [0, 0.1) is 5.92 Å². The molecule has 1 aromatic rings. The topological polar surface area (TPSA) is 99.6 Å². The molecule has 1 fully saturated rings. The lowest BCUT2D eigenvalue weighted by Crippen LogP contribution is -2.25. The third kappa shape index (κ3) is 3.31.